The van der Waals surface area contributed by atoms with Crippen molar-refractivity contribution in [3.05, 3.63) is 35.4 Å². The van der Waals surface area contributed by atoms with E-state index in [-0.39, 0.29) is 0 Å². The maximum absolute atomic E-state index is 2.59. The van der Waals surface area contributed by atoms with Crippen LogP contribution in [0.5, 0.6) is 0 Å². The molecular weight excluding hydrogens is 170 g/mol. The van der Waals surface area contributed by atoms with Crippen LogP contribution in [0.2, 0.25) is 0 Å². The van der Waals surface area contributed by atoms with Crippen LogP contribution in [0.1, 0.15) is 30.9 Å². The summed E-state index contributed by atoms with van der Waals surface area (Å²) < 4.78 is 0. The van der Waals surface area contributed by atoms with E-state index >= 15 is 0 Å². The minimum Gasteiger partial charge on any atom is -0.294 e. The van der Waals surface area contributed by atoms with Crippen LogP contribution < -0.4 is 0 Å². The smallest absolute Gasteiger partial charge is 0.0240 e. The second kappa shape index (κ2) is 2.83. The van der Waals surface area contributed by atoms with E-state index in [1.165, 1.54) is 43.6 Å². The van der Waals surface area contributed by atoms with Gasteiger partial charge < -0.3 is 0 Å². The Kier molecular flexibility index (Phi) is 1.72. The van der Waals surface area contributed by atoms with Gasteiger partial charge in [-0.1, -0.05) is 31.2 Å². The number of fused-ring (bicyclic) bond motifs is 1. The fourth-order valence-corrected chi connectivity index (χ4v) is 2.43. The van der Waals surface area contributed by atoms with E-state index in [2.05, 4.69) is 36.1 Å². The largest absolute Gasteiger partial charge is 0.294 e. The topological polar surface area (TPSA) is 3.24 Å². The highest BCUT2D eigenvalue weighted by molar-refractivity contribution is 5.30. The maximum Gasteiger partial charge on any atom is 0.0240 e. The van der Waals surface area contributed by atoms with Crippen LogP contribution >= 0.6 is 0 Å². The van der Waals surface area contributed by atoms with Gasteiger partial charge in [0, 0.05) is 19.6 Å². The molecule has 1 aliphatic carbocycles. The fourth-order valence-electron chi connectivity index (χ4n) is 2.43. The molecule has 0 unspecified atom stereocenters. The Labute approximate surface area is 85.7 Å². The Balaban J connectivity index is 1.72. The lowest BCUT2D eigenvalue weighted by Gasteiger charge is -2.19. The van der Waals surface area contributed by atoms with Crippen LogP contribution in [0.3, 0.4) is 0 Å². The van der Waals surface area contributed by atoms with Crippen molar-refractivity contribution in [3.63, 3.8) is 0 Å². The van der Waals surface area contributed by atoms with Gasteiger partial charge in [-0.25, -0.2) is 0 Å². The third-order valence-electron chi connectivity index (χ3n) is 3.62. The first-order chi connectivity index (χ1) is 6.75. The molecule has 1 aliphatic heterocycles. The van der Waals surface area contributed by atoms with Crippen LogP contribution in [0.25, 0.3) is 0 Å². The summed E-state index contributed by atoms with van der Waals surface area (Å²) in [5, 5.41) is 0. The van der Waals surface area contributed by atoms with Gasteiger partial charge in [0.15, 0.2) is 0 Å². The van der Waals surface area contributed by atoms with E-state index in [4.69, 9.17) is 0 Å². The molecule has 1 nitrogen and oxygen atoms in total. The van der Waals surface area contributed by atoms with Gasteiger partial charge in [0.05, 0.1) is 0 Å². The predicted octanol–water partition coefficient (Wildman–Crippen LogP) is 2.80. The third kappa shape index (κ3) is 1.46. The van der Waals surface area contributed by atoms with E-state index < -0.39 is 0 Å². The average molecular weight is 187 g/mol. The van der Waals surface area contributed by atoms with Crippen molar-refractivity contribution in [3.8, 4) is 0 Å². The molecule has 0 amide bonds. The zero-order chi connectivity index (χ0) is 9.60. The van der Waals surface area contributed by atoms with Crippen molar-refractivity contribution in [2.75, 3.05) is 6.54 Å². The summed E-state index contributed by atoms with van der Waals surface area (Å²) >= 11 is 0. The van der Waals surface area contributed by atoms with Crippen LogP contribution in [0, 0.1) is 5.41 Å². The van der Waals surface area contributed by atoms with Gasteiger partial charge >= 0.3 is 0 Å². The number of rotatable bonds is 2. The summed E-state index contributed by atoms with van der Waals surface area (Å²) in [4.78, 5) is 2.59. The highest BCUT2D eigenvalue weighted by Crippen LogP contribution is 2.46. The van der Waals surface area contributed by atoms with Crippen LogP contribution in [-0.2, 0) is 13.1 Å². The summed E-state index contributed by atoms with van der Waals surface area (Å²) in [7, 11) is 0. The Hall–Kier alpha value is -0.820. The lowest BCUT2D eigenvalue weighted by atomic mass is 10.1. The second-order valence-electron chi connectivity index (χ2n) is 5.22. The van der Waals surface area contributed by atoms with Gasteiger partial charge in [0.25, 0.3) is 0 Å². The molecule has 14 heavy (non-hydrogen) atoms. The highest BCUT2D eigenvalue weighted by atomic mass is 15.1. The van der Waals surface area contributed by atoms with Crippen LogP contribution in [0.4, 0.5) is 0 Å². The molecule has 1 aromatic carbocycles. The van der Waals surface area contributed by atoms with Crippen LogP contribution in [-0.4, -0.2) is 11.4 Å². The summed E-state index contributed by atoms with van der Waals surface area (Å²) in [6.07, 6.45) is 2.86. The lowest BCUT2D eigenvalue weighted by Crippen LogP contribution is -2.23. The zero-order valence-electron chi connectivity index (χ0n) is 8.79. The van der Waals surface area contributed by atoms with Gasteiger partial charge in [-0.2, -0.15) is 0 Å². The maximum atomic E-state index is 2.59. The molecule has 1 heterocycles. The molecule has 1 aromatic rings. The number of hydrogen-bond acceptors (Lipinski definition) is 1. The monoisotopic (exact) mass is 187 g/mol. The molecule has 0 bridgehead atoms. The Bertz CT molecular complexity index is 327. The summed E-state index contributed by atoms with van der Waals surface area (Å²) in [6, 6.07) is 8.84. The Morgan fingerprint density at radius 1 is 1.14 bits per heavy atom. The SMILES string of the molecule is CC1(CN2Cc3ccccc3C2)CC1. The van der Waals surface area contributed by atoms with Crippen molar-refractivity contribution in [1.29, 1.82) is 0 Å². The molecule has 74 valence electrons. The molecule has 1 heteroatoms. The van der Waals surface area contributed by atoms with Crippen molar-refractivity contribution in [2.24, 2.45) is 5.41 Å². The van der Waals surface area contributed by atoms with Crippen LogP contribution in [0.15, 0.2) is 24.3 Å². The molecule has 1 saturated carbocycles. The van der Waals surface area contributed by atoms with Gasteiger partial charge in [0.1, 0.15) is 0 Å². The predicted molar refractivity (Wildman–Crippen MR) is 57.9 cm³/mol. The highest BCUT2D eigenvalue weighted by Gasteiger charge is 2.39. The zero-order valence-corrected chi connectivity index (χ0v) is 8.79. The van der Waals surface area contributed by atoms with Gasteiger partial charge in [-0.15, -0.1) is 0 Å². The minimum absolute atomic E-state index is 0.655. The summed E-state index contributed by atoms with van der Waals surface area (Å²) in [5.74, 6) is 0. The number of benzene rings is 1. The van der Waals surface area contributed by atoms with E-state index in [9.17, 15) is 0 Å². The van der Waals surface area contributed by atoms with E-state index in [1.807, 2.05) is 0 Å². The van der Waals surface area contributed by atoms with Gasteiger partial charge in [0.2, 0.25) is 0 Å². The van der Waals surface area contributed by atoms with Crippen molar-refractivity contribution in [2.45, 2.75) is 32.9 Å². The van der Waals surface area contributed by atoms with Gasteiger partial charge in [-0.05, 0) is 29.4 Å². The fraction of sp³-hybridized carbons (Fsp3) is 0.538. The van der Waals surface area contributed by atoms with Crippen molar-refractivity contribution < 1.29 is 0 Å². The summed E-state index contributed by atoms with van der Waals surface area (Å²) in [6.45, 7) is 6.05. The number of nitrogens with zero attached hydrogens (tertiary/aromatic N) is 1. The summed E-state index contributed by atoms with van der Waals surface area (Å²) in [5.41, 5.74) is 3.73. The normalized spacial score (nSPS) is 23.5. The molecular formula is C13H17N. The third-order valence-corrected chi connectivity index (χ3v) is 3.62. The molecule has 0 N–H and O–H groups in total. The first-order valence-corrected chi connectivity index (χ1v) is 5.54. The average Bonchev–Trinajstić information content (AvgIpc) is 2.77. The minimum atomic E-state index is 0.655. The molecule has 0 atom stereocenters. The quantitative estimate of drug-likeness (QED) is 0.688. The molecule has 0 spiro atoms. The van der Waals surface area contributed by atoms with E-state index in [0.29, 0.717) is 5.41 Å². The Morgan fingerprint density at radius 3 is 2.21 bits per heavy atom. The second-order valence-corrected chi connectivity index (χ2v) is 5.22. The van der Waals surface area contributed by atoms with Gasteiger partial charge in [-0.3, -0.25) is 4.90 Å². The van der Waals surface area contributed by atoms with Crippen molar-refractivity contribution >= 4 is 0 Å². The molecule has 0 radical (unpaired) electrons. The van der Waals surface area contributed by atoms with E-state index in [1.54, 1.807) is 0 Å². The molecule has 0 saturated heterocycles. The first-order valence-electron chi connectivity index (χ1n) is 5.54. The molecule has 2 aliphatic rings. The van der Waals surface area contributed by atoms with E-state index in [0.717, 1.165) is 0 Å². The molecule has 3 rings (SSSR count). The molecule has 1 fully saturated rings. The molecule has 0 aromatic heterocycles. The Morgan fingerprint density at radius 2 is 1.71 bits per heavy atom. The van der Waals surface area contributed by atoms with Crippen molar-refractivity contribution in [1.82, 2.24) is 4.90 Å². The first kappa shape index (κ1) is 8.49. The standard InChI is InChI=1S/C13H17N/c1-13(6-7-13)10-14-8-11-4-2-3-5-12(11)9-14/h2-5H,6-10H2,1H3. The number of hydrogen-bond donors (Lipinski definition) is 0. The lowest BCUT2D eigenvalue weighted by molar-refractivity contribution is 0.233.